The minimum absolute atomic E-state index is 0.0840. The summed E-state index contributed by atoms with van der Waals surface area (Å²) in [5.41, 5.74) is 0.928. The minimum Gasteiger partial charge on any atom is -0.390 e. The van der Waals surface area contributed by atoms with Crippen molar-refractivity contribution in [2.24, 2.45) is 0 Å². The molecule has 1 aromatic rings. The Labute approximate surface area is 90.5 Å². The van der Waals surface area contributed by atoms with Gasteiger partial charge in [0.05, 0.1) is 24.8 Å². The number of hydrogen-bond donors (Lipinski definition) is 1. The molecule has 15 heavy (non-hydrogen) atoms. The van der Waals surface area contributed by atoms with Gasteiger partial charge in [0, 0.05) is 18.6 Å². The van der Waals surface area contributed by atoms with Gasteiger partial charge in [-0.15, -0.1) is 0 Å². The summed E-state index contributed by atoms with van der Waals surface area (Å²) in [6.45, 7) is 3.46. The molecule has 0 spiro atoms. The van der Waals surface area contributed by atoms with E-state index < -0.39 is 0 Å². The molecule has 1 aliphatic heterocycles. The highest BCUT2D eigenvalue weighted by Gasteiger charge is 2.24. The van der Waals surface area contributed by atoms with E-state index in [1.54, 1.807) is 6.20 Å². The van der Waals surface area contributed by atoms with Gasteiger partial charge in [-0.05, 0) is 26.8 Å². The van der Waals surface area contributed by atoms with Crippen molar-refractivity contribution in [1.82, 2.24) is 14.5 Å². The molecular weight excluding hydrogens is 190 g/mol. The lowest BCUT2D eigenvalue weighted by atomic mass is 9.98. The van der Waals surface area contributed by atoms with Crippen LogP contribution in [0.2, 0.25) is 0 Å². The highest BCUT2D eigenvalue weighted by molar-refractivity contribution is 5.00. The first-order valence-corrected chi connectivity index (χ1v) is 5.54. The number of rotatable bonds is 2. The lowest BCUT2D eigenvalue weighted by molar-refractivity contribution is 0.151. The second kappa shape index (κ2) is 4.33. The molecule has 2 unspecified atom stereocenters. The first kappa shape index (κ1) is 10.6. The molecule has 4 heteroatoms. The molecule has 1 saturated heterocycles. The molecule has 2 heterocycles. The van der Waals surface area contributed by atoms with Crippen molar-refractivity contribution >= 4 is 0 Å². The maximum absolute atomic E-state index is 9.18. The predicted molar refractivity (Wildman–Crippen MR) is 58.5 cm³/mol. The van der Waals surface area contributed by atoms with Crippen LogP contribution < -0.4 is 0 Å². The van der Waals surface area contributed by atoms with Crippen LogP contribution in [-0.2, 0) is 6.61 Å². The van der Waals surface area contributed by atoms with Crippen LogP contribution in [0.4, 0.5) is 0 Å². The fraction of sp³-hybridized carbons (Fsp3) is 0.727. The van der Waals surface area contributed by atoms with Crippen LogP contribution in [0.25, 0.3) is 0 Å². The summed E-state index contributed by atoms with van der Waals surface area (Å²) in [6.07, 6.45) is 5.88. The van der Waals surface area contributed by atoms with E-state index in [2.05, 4.69) is 28.4 Å². The first-order chi connectivity index (χ1) is 7.22. The van der Waals surface area contributed by atoms with Crippen LogP contribution in [0, 0.1) is 0 Å². The molecule has 4 nitrogen and oxygen atoms in total. The van der Waals surface area contributed by atoms with Crippen molar-refractivity contribution in [1.29, 1.82) is 0 Å². The van der Waals surface area contributed by atoms with E-state index in [0.29, 0.717) is 12.1 Å². The van der Waals surface area contributed by atoms with Crippen molar-refractivity contribution in [2.45, 2.75) is 38.5 Å². The Hall–Kier alpha value is -0.870. The molecular formula is C11H19N3O. The van der Waals surface area contributed by atoms with Gasteiger partial charge in [-0.25, -0.2) is 4.98 Å². The van der Waals surface area contributed by atoms with Gasteiger partial charge in [-0.1, -0.05) is 0 Å². The molecule has 0 saturated carbocycles. The van der Waals surface area contributed by atoms with Crippen LogP contribution in [0.5, 0.6) is 0 Å². The number of nitrogens with zero attached hydrogens (tertiary/aromatic N) is 3. The second-order valence-corrected chi connectivity index (χ2v) is 4.46. The Kier molecular flexibility index (Phi) is 3.07. The van der Waals surface area contributed by atoms with E-state index in [1.165, 1.54) is 0 Å². The number of piperidine rings is 1. The summed E-state index contributed by atoms with van der Waals surface area (Å²) < 4.78 is 2.13. The zero-order chi connectivity index (χ0) is 10.8. The van der Waals surface area contributed by atoms with E-state index in [-0.39, 0.29) is 6.61 Å². The fourth-order valence-electron chi connectivity index (χ4n) is 2.30. The Balaban J connectivity index is 2.11. The van der Waals surface area contributed by atoms with E-state index >= 15 is 0 Å². The molecule has 0 radical (unpaired) electrons. The Bertz CT molecular complexity index is 323. The summed E-state index contributed by atoms with van der Waals surface area (Å²) >= 11 is 0. The van der Waals surface area contributed by atoms with Gasteiger partial charge in [0.25, 0.3) is 0 Å². The standard InChI is InChI=1S/C11H19N3O/c1-9-5-10(3-4-13(9)2)14-8-12-6-11(14)7-15/h6,8-10,15H,3-5,7H2,1-2H3. The molecule has 0 amide bonds. The third kappa shape index (κ3) is 2.06. The molecule has 1 fully saturated rings. The Morgan fingerprint density at radius 1 is 1.60 bits per heavy atom. The number of aliphatic hydroxyl groups excluding tert-OH is 1. The Morgan fingerprint density at radius 3 is 3.07 bits per heavy atom. The van der Waals surface area contributed by atoms with Crippen molar-refractivity contribution in [3.05, 3.63) is 18.2 Å². The number of aromatic nitrogens is 2. The zero-order valence-electron chi connectivity index (χ0n) is 9.43. The van der Waals surface area contributed by atoms with Crippen LogP contribution in [-0.4, -0.2) is 39.2 Å². The lowest BCUT2D eigenvalue weighted by Gasteiger charge is -2.36. The predicted octanol–water partition coefficient (Wildman–Crippen LogP) is 1.03. The minimum atomic E-state index is 0.0840. The van der Waals surface area contributed by atoms with Crippen LogP contribution in [0.3, 0.4) is 0 Å². The van der Waals surface area contributed by atoms with Crippen molar-refractivity contribution in [2.75, 3.05) is 13.6 Å². The molecule has 0 aromatic carbocycles. The van der Waals surface area contributed by atoms with Gasteiger partial charge < -0.3 is 14.6 Å². The lowest BCUT2D eigenvalue weighted by Crippen LogP contribution is -2.38. The number of likely N-dealkylation sites (tertiary alicyclic amines) is 1. The largest absolute Gasteiger partial charge is 0.390 e. The topological polar surface area (TPSA) is 41.3 Å². The highest BCUT2D eigenvalue weighted by Crippen LogP contribution is 2.26. The average Bonchev–Trinajstić information content (AvgIpc) is 2.70. The third-order valence-electron chi connectivity index (χ3n) is 3.48. The maximum Gasteiger partial charge on any atom is 0.0951 e. The molecule has 2 atom stereocenters. The maximum atomic E-state index is 9.18. The molecule has 1 aliphatic rings. The summed E-state index contributed by atoms with van der Waals surface area (Å²) in [6, 6.07) is 1.11. The molecule has 1 aromatic heterocycles. The van der Waals surface area contributed by atoms with Gasteiger partial charge in [0.15, 0.2) is 0 Å². The van der Waals surface area contributed by atoms with Crippen LogP contribution >= 0.6 is 0 Å². The summed E-state index contributed by atoms with van der Waals surface area (Å²) in [5.74, 6) is 0. The normalized spacial score (nSPS) is 28.2. The van der Waals surface area contributed by atoms with Crippen molar-refractivity contribution in [3.63, 3.8) is 0 Å². The van der Waals surface area contributed by atoms with Gasteiger partial charge in [0.1, 0.15) is 0 Å². The van der Waals surface area contributed by atoms with Crippen LogP contribution in [0.15, 0.2) is 12.5 Å². The van der Waals surface area contributed by atoms with E-state index in [9.17, 15) is 5.11 Å². The molecule has 0 bridgehead atoms. The quantitative estimate of drug-likeness (QED) is 0.791. The van der Waals surface area contributed by atoms with Gasteiger partial charge >= 0.3 is 0 Å². The second-order valence-electron chi connectivity index (χ2n) is 4.46. The first-order valence-electron chi connectivity index (χ1n) is 5.54. The van der Waals surface area contributed by atoms with Crippen molar-refractivity contribution < 1.29 is 5.11 Å². The van der Waals surface area contributed by atoms with Crippen LogP contribution in [0.1, 0.15) is 31.5 Å². The van der Waals surface area contributed by atoms with E-state index in [0.717, 1.165) is 25.1 Å². The number of hydrogen-bond acceptors (Lipinski definition) is 3. The summed E-state index contributed by atoms with van der Waals surface area (Å²) in [4.78, 5) is 6.48. The summed E-state index contributed by atoms with van der Waals surface area (Å²) in [7, 11) is 2.17. The highest BCUT2D eigenvalue weighted by atomic mass is 16.3. The van der Waals surface area contributed by atoms with Gasteiger partial charge in [-0.2, -0.15) is 0 Å². The number of imidazole rings is 1. The van der Waals surface area contributed by atoms with Crippen molar-refractivity contribution in [3.8, 4) is 0 Å². The van der Waals surface area contributed by atoms with E-state index in [4.69, 9.17) is 0 Å². The monoisotopic (exact) mass is 209 g/mol. The summed E-state index contributed by atoms with van der Waals surface area (Å²) in [5, 5.41) is 9.18. The average molecular weight is 209 g/mol. The molecule has 1 N–H and O–H groups in total. The SMILES string of the molecule is CC1CC(n2cncc2CO)CCN1C. The van der Waals surface area contributed by atoms with Gasteiger partial charge in [-0.3, -0.25) is 0 Å². The number of aliphatic hydroxyl groups is 1. The third-order valence-corrected chi connectivity index (χ3v) is 3.48. The van der Waals surface area contributed by atoms with E-state index in [1.807, 2.05) is 6.33 Å². The zero-order valence-corrected chi connectivity index (χ0v) is 9.43. The molecule has 0 aliphatic carbocycles. The molecule has 2 rings (SSSR count). The molecule has 84 valence electrons. The fourth-order valence-corrected chi connectivity index (χ4v) is 2.30. The van der Waals surface area contributed by atoms with Gasteiger partial charge in [0.2, 0.25) is 0 Å². The Morgan fingerprint density at radius 2 is 2.40 bits per heavy atom. The smallest absolute Gasteiger partial charge is 0.0951 e.